The van der Waals surface area contributed by atoms with E-state index in [0.29, 0.717) is 46.9 Å². The van der Waals surface area contributed by atoms with Gasteiger partial charge in [0.2, 0.25) is 0 Å². The van der Waals surface area contributed by atoms with E-state index in [1.165, 1.54) is 6.42 Å². The van der Waals surface area contributed by atoms with Crippen molar-refractivity contribution in [3.63, 3.8) is 0 Å². The predicted molar refractivity (Wildman–Crippen MR) is 160 cm³/mol. The molecule has 1 fully saturated rings. The van der Waals surface area contributed by atoms with E-state index in [1.807, 2.05) is 36.4 Å². The Labute approximate surface area is 241 Å². The molecule has 214 valence electrons. The first kappa shape index (κ1) is 28.7. The lowest BCUT2D eigenvalue weighted by molar-refractivity contribution is 0.0957. The Morgan fingerprint density at radius 1 is 0.976 bits per heavy atom. The van der Waals surface area contributed by atoms with Gasteiger partial charge >= 0.3 is 0 Å². The van der Waals surface area contributed by atoms with Gasteiger partial charge in [0.15, 0.2) is 11.5 Å². The molecular weight excluding hydrogens is 516 g/mol. The standard InChI is InChI=1S/C34H38N2O5/c1-40-34-32(31(39)8-3-19-37)29-22-35-18-17-30(29)36-33(34)26-11-9-24(10-12-26)25-13-15-28(16-14-25)41-20-4-6-23-5-2-7-27(38)21-23/h9-18,22-23,27,37-38H,2-8,19-21H2,1H3. The van der Waals surface area contributed by atoms with Gasteiger partial charge in [0.1, 0.15) is 11.4 Å². The average molecular weight is 555 g/mol. The summed E-state index contributed by atoms with van der Waals surface area (Å²) in [5, 5.41) is 19.8. The number of aromatic nitrogens is 2. The van der Waals surface area contributed by atoms with Gasteiger partial charge in [-0.25, -0.2) is 4.98 Å². The number of hydrogen-bond acceptors (Lipinski definition) is 7. The lowest BCUT2D eigenvalue weighted by Gasteiger charge is -2.25. The lowest BCUT2D eigenvalue weighted by atomic mass is 9.84. The van der Waals surface area contributed by atoms with Gasteiger partial charge in [-0.1, -0.05) is 49.2 Å². The van der Waals surface area contributed by atoms with E-state index in [4.69, 9.17) is 14.5 Å². The van der Waals surface area contributed by atoms with Crippen molar-refractivity contribution in [2.75, 3.05) is 20.3 Å². The number of nitrogens with zero attached hydrogens (tertiary/aromatic N) is 2. The van der Waals surface area contributed by atoms with Crippen molar-refractivity contribution in [3.8, 4) is 33.9 Å². The Hall–Kier alpha value is -3.81. The summed E-state index contributed by atoms with van der Waals surface area (Å²) in [7, 11) is 1.55. The highest BCUT2D eigenvalue weighted by molar-refractivity contribution is 6.11. The van der Waals surface area contributed by atoms with Gasteiger partial charge in [0.25, 0.3) is 0 Å². The third-order valence-corrected chi connectivity index (χ3v) is 7.91. The second kappa shape index (κ2) is 13.7. The molecule has 0 radical (unpaired) electrons. The van der Waals surface area contributed by atoms with Crippen LogP contribution in [0.15, 0.2) is 67.0 Å². The first-order valence-corrected chi connectivity index (χ1v) is 14.5. The first-order valence-electron chi connectivity index (χ1n) is 14.5. The molecule has 7 nitrogen and oxygen atoms in total. The second-order valence-corrected chi connectivity index (χ2v) is 10.8. The van der Waals surface area contributed by atoms with Crippen molar-refractivity contribution >= 4 is 16.7 Å². The molecule has 1 aliphatic rings. The minimum Gasteiger partial charge on any atom is -0.494 e. The zero-order valence-corrected chi connectivity index (χ0v) is 23.6. The van der Waals surface area contributed by atoms with Gasteiger partial charge < -0.3 is 19.7 Å². The Kier molecular flexibility index (Phi) is 9.59. The summed E-state index contributed by atoms with van der Waals surface area (Å²) in [6.45, 7) is 0.630. The summed E-state index contributed by atoms with van der Waals surface area (Å²) in [6, 6.07) is 18.0. The van der Waals surface area contributed by atoms with Crippen LogP contribution in [0.4, 0.5) is 0 Å². The topological polar surface area (TPSA) is 102 Å². The van der Waals surface area contributed by atoms with Gasteiger partial charge in [0, 0.05) is 36.4 Å². The number of ether oxygens (including phenoxy) is 2. The maximum absolute atomic E-state index is 13.1. The van der Waals surface area contributed by atoms with Crippen LogP contribution in [-0.4, -0.2) is 52.4 Å². The monoisotopic (exact) mass is 554 g/mol. The molecule has 0 amide bonds. The summed E-state index contributed by atoms with van der Waals surface area (Å²) < 4.78 is 11.7. The van der Waals surface area contributed by atoms with Crippen LogP contribution < -0.4 is 9.47 Å². The van der Waals surface area contributed by atoms with E-state index in [1.54, 1.807) is 25.6 Å². The molecule has 41 heavy (non-hydrogen) atoms. The summed E-state index contributed by atoms with van der Waals surface area (Å²) in [6.07, 6.45) is 10.1. The molecule has 1 aliphatic carbocycles. The van der Waals surface area contributed by atoms with Crippen LogP contribution in [0.25, 0.3) is 33.3 Å². The highest BCUT2D eigenvalue weighted by atomic mass is 16.5. The Balaban J connectivity index is 1.29. The van der Waals surface area contributed by atoms with Crippen molar-refractivity contribution in [1.82, 2.24) is 9.97 Å². The van der Waals surface area contributed by atoms with Crippen LogP contribution >= 0.6 is 0 Å². The SMILES string of the molecule is COc1c(-c2ccc(-c3ccc(OCCCC4CCCC(O)C4)cc3)cc2)nc2ccncc2c1C(=O)CCCO. The molecule has 1 saturated carbocycles. The fourth-order valence-corrected chi connectivity index (χ4v) is 5.78. The number of carbonyl (C=O) groups is 1. The number of fused-ring (bicyclic) bond motifs is 1. The fourth-order valence-electron chi connectivity index (χ4n) is 5.78. The van der Waals surface area contributed by atoms with Crippen LogP contribution in [0.1, 0.15) is 61.7 Å². The van der Waals surface area contributed by atoms with E-state index in [2.05, 4.69) is 17.1 Å². The number of hydrogen-bond donors (Lipinski definition) is 2. The normalized spacial score (nSPS) is 17.0. The van der Waals surface area contributed by atoms with E-state index >= 15 is 0 Å². The lowest BCUT2D eigenvalue weighted by Crippen LogP contribution is -2.19. The number of methoxy groups -OCH3 is 1. The van der Waals surface area contributed by atoms with Crippen LogP contribution in [0.5, 0.6) is 11.5 Å². The van der Waals surface area contributed by atoms with Gasteiger partial charge in [0.05, 0.1) is 30.9 Å². The van der Waals surface area contributed by atoms with E-state index in [9.17, 15) is 15.0 Å². The molecule has 2 aromatic heterocycles. The van der Waals surface area contributed by atoms with Crippen molar-refractivity contribution in [2.24, 2.45) is 5.92 Å². The van der Waals surface area contributed by atoms with Gasteiger partial charge in [-0.05, 0) is 67.3 Å². The first-order chi connectivity index (χ1) is 20.1. The third kappa shape index (κ3) is 6.92. The number of rotatable bonds is 12. The van der Waals surface area contributed by atoms with E-state index in [0.717, 1.165) is 54.5 Å². The Morgan fingerprint density at radius 3 is 2.41 bits per heavy atom. The molecular formula is C34H38N2O5. The van der Waals surface area contributed by atoms with Gasteiger partial charge in [-0.2, -0.15) is 0 Å². The molecule has 4 aromatic rings. The minimum absolute atomic E-state index is 0.0526. The molecule has 0 aliphatic heterocycles. The smallest absolute Gasteiger partial charge is 0.167 e. The molecule has 2 aromatic carbocycles. The summed E-state index contributed by atoms with van der Waals surface area (Å²) in [5.74, 6) is 1.78. The zero-order chi connectivity index (χ0) is 28.6. The fraction of sp³-hybridized carbons (Fsp3) is 0.382. The number of ketones is 1. The molecule has 7 heteroatoms. The Morgan fingerprint density at radius 2 is 1.71 bits per heavy atom. The number of Topliss-reactive ketones (excluding diaryl/α,β-unsaturated/α-hetero) is 1. The maximum atomic E-state index is 13.1. The molecule has 0 saturated heterocycles. The van der Waals surface area contributed by atoms with E-state index in [-0.39, 0.29) is 24.9 Å². The second-order valence-electron chi connectivity index (χ2n) is 10.8. The zero-order valence-electron chi connectivity index (χ0n) is 23.6. The summed E-state index contributed by atoms with van der Waals surface area (Å²) in [5.41, 5.74) is 4.68. The molecule has 5 rings (SSSR count). The number of carbonyl (C=O) groups excluding carboxylic acids is 1. The molecule has 0 bridgehead atoms. The van der Waals surface area contributed by atoms with Crippen molar-refractivity contribution < 1.29 is 24.5 Å². The molecule has 2 N–H and O–H groups in total. The quantitative estimate of drug-likeness (QED) is 0.150. The average Bonchev–Trinajstić information content (AvgIpc) is 3.01. The van der Waals surface area contributed by atoms with Crippen LogP contribution in [0.3, 0.4) is 0 Å². The van der Waals surface area contributed by atoms with Gasteiger partial charge in [-0.15, -0.1) is 0 Å². The molecule has 2 atom stereocenters. The highest BCUT2D eigenvalue weighted by Gasteiger charge is 2.23. The van der Waals surface area contributed by atoms with Gasteiger partial charge in [-0.3, -0.25) is 9.78 Å². The van der Waals surface area contributed by atoms with Crippen LogP contribution in [-0.2, 0) is 0 Å². The molecule has 0 spiro atoms. The number of aliphatic hydroxyl groups is 2. The number of benzene rings is 2. The number of pyridine rings is 2. The summed E-state index contributed by atoms with van der Waals surface area (Å²) >= 11 is 0. The Bertz CT molecular complexity index is 1450. The van der Waals surface area contributed by atoms with Crippen LogP contribution in [0.2, 0.25) is 0 Å². The molecule has 2 heterocycles. The third-order valence-electron chi connectivity index (χ3n) is 7.91. The maximum Gasteiger partial charge on any atom is 0.167 e. The largest absolute Gasteiger partial charge is 0.494 e. The van der Waals surface area contributed by atoms with Crippen molar-refractivity contribution in [1.29, 1.82) is 0 Å². The van der Waals surface area contributed by atoms with Crippen molar-refractivity contribution in [2.45, 2.75) is 57.5 Å². The van der Waals surface area contributed by atoms with Crippen molar-refractivity contribution in [3.05, 3.63) is 72.6 Å². The minimum atomic E-state index is -0.122. The summed E-state index contributed by atoms with van der Waals surface area (Å²) in [4.78, 5) is 22.2. The molecule has 2 unspecified atom stereocenters. The van der Waals surface area contributed by atoms with Crippen LogP contribution in [0, 0.1) is 5.92 Å². The predicted octanol–water partition coefficient (Wildman–Crippen LogP) is 6.64. The number of aliphatic hydroxyl groups excluding tert-OH is 2. The highest BCUT2D eigenvalue weighted by Crippen LogP contribution is 2.37. The van der Waals surface area contributed by atoms with E-state index < -0.39 is 0 Å².